The van der Waals surface area contributed by atoms with Crippen LogP contribution in [0.5, 0.6) is 0 Å². The second-order valence-electron chi connectivity index (χ2n) is 4.25. The van der Waals surface area contributed by atoms with Gasteiger partial charge in [0, 0.05) is 19.7 Å². The van der Waals surface area contributed by atoms with Crippen molar-refractivity contribution in [3.05, 3.63) is 51.3 Å². The van der Waals surface area contributed by atoms with Gasteiger partial charge in [-0.1, -0.05) is 11.6 Å². The monoisotopic (exact) mass is 396 g/mol. The van der Waals surface area contributed by atoms with Crippen LogP contribution < -0.4 is 11.1 Å². The quantitative estimate of drug-likeness (QED) is 0.503. The number of anilines is 3. The van der Waals surface area contributed by atoms with Crippen LogP contribution in [0.2, 0.25) is 5.02 Å². The highest BCUT2D eigenvalue weighted by atomic mass is 127. The molecule has 0 amide bonds. The van der Waals surface area contributed by atoms with Gasteiger partial charge in [0.25, 0.3) is 0 Å². The highest BCUT2D eigenvalue weighted by molar-refractivity contribution is 14.1. The first-order valence-electron chi connectivity index (χ1n) is 5.86. The summed E-state index contributed by atoms with van der Waals surface area (Å²) in [6.45, 7) is 0. The van der Waals surface area contributed by atoms with E-state index in [4.69, 9.17) is 17.3 Å². The molecule has 1 heterocycles. The fraction of sp³-hybridized carbons (Fsp3) is 0. The van der Waals surface area contributed by atoms with Crippen LogP contribution in [0, 0.1) is 3.57 Å². The van der Waals surface area contributed by atoms with E-state index in [1.54, 1.807) is 0 Å². The van der Waals surface area contributed by atoms with Crippen LogP contribution in [-0.4, -0.2) is 9.97 Å². The molecule has 2 aromatic carbocycles. The van der Waals surface area contributed by atoms with Crippen molar-refractivity contribution in [2.45, 2.75) is 0 Å². The Kier molecular flexibility index (Phi) is 3.62. The highest BCUT2D eigenvalue weighted by Gasteiger charge is 2.07. The summed E-state index contributed by atoms with van der Waals surface area (Å²) < 4.78 is 1.02. The van der Waals surface area contributed by atoms with Gasteiger partial charge < -0.3 is 11.1 Å². The van der Waals surface area contributed by atoms with E-state index in [1.807, 2.05) is 36.4 Å². The van der Waals surface area contributed by atoms with Gasteiger partial charge in [-0.15, -0.1) is 0 Å². The molecule has 3 rings (SSSR count). The lowest BCUT2D eigenvalue weighted by atomic mass is 10.2. The van der Waals surface area contributed by atoms with Crippen molar-refractivity contribution in [2.75, 3.05) is 11.1 Å². The SMILES string of the molecule is Nc1ccc2ncnc(Nc3ccc(Cl)cc3I)c2c1. The summed E-state index contributed by atoms with van der Waals surface area (Å²) in [5, 5.41) is 4.89. The van der Waals surface area contributed by atoms with E-state index in [2.05, 4.69) is 37.9 Å². The van der Waals surface area contributed by atoms with Crippen molar-refractivity contribution in [3.63, 3.8) is 0 Å². The van der Waals surface area contributed by atoms with Crippen LogP contribution in [0.3, 0.4) is 0 Å². The zero-order valence-electron chi connectivity index (χ0n) is 10.3. The van der Waals surface area contributed by atoms with Crippen molar-refractivity contribution < 1.29 is 0 Å². The maximum atomic E-state index is 5.96. The lowest BCUT2D eigenvalue weighted by Crippen LogP contribution is -1.98. The molecule has 4 nitrogen and oxygen atoms in total. The van der Waals surface area contributed by atoms with Gasteiger partial charge in [-0.3, -0.25) is 0 Å². The van der Waals surface area contributed by atoms with Gasteiger partial charge in [0.2, 0.25) is 0 Å². The molecule has 3 aromatic rings. The summed E-state index contributed by atoms with van der Waals surface area (Å²) in [7, 11) is 0. The molecule has 3 N–H and O–H groups in total. The third-order valence-electron chi connectivity index (χ3n) is 2.84. The molecule has 0 atom stereocenters. The number of nitrogens with one attached hydrogen (secondary N) is 1. The van der Waals surface area contributed by atoms with Crippen molar-refractivity contribution in [2.24, 2.45) is 0 Å². The number of nitrogens with zero attached hydrogens (tertiary/aromatic N) is 2. The Morgan fingerprint density at radius 2 is 1.95 bits per heavy atom. The van der Waals surface area contributed by atoms with Gasteiger partial charge in [0.1, 0.15) is 12.1 Å². The Labute approximate surface area is 134 Å². The number of halogens is 2. The second kappa shape index (κ2) is 5.41. The fourth-order valence-electron chi connectivity index (χ4n) is 1.89. The molecule has 100 valence electrons. The maximum Gasteiger partial charge on any atom is 0.141 e. The summed E-state index contributed by atoms with van der Waals surface area (Å²) in [6, 6.07) is 11.2. The van der Waals surface area contributed by atoms with E-state index in [0.717, 1.165) is 26.0 Å². The van der Waals surface area contributed by atoms with E-state index in [1.165, 1.54) is 6.33 Å². The summed E-state index contributed by atoms with van der Waals surface area (Å²) >= 11 is 8.19. The number of aromatic nitrogens is 2. The average molecular weight is 397 g/mol. The van der Waals surface area contributed by atoms with Crippen LogP contribution in [0.15, 0.2) is 42.7 Å². The molecule has 0 spiro atoms. The van der Waals surface area contributed by atoms with Gasteiger partial charge in [0.05, 0.1) is 11.2 Å². The summed E-state index contributed by atoms with van der Waals surface area (Å²) in [4.78, 5) is 8.52. The molecule has 0 saturated carbocycles. The van der Waals surface area contributed by atoms with Crippen LogP contribution in [-0.2, 0) is 0 Å². The molecule has 0 bridgehead atoms. The zero-order chi connectivity index (χ0) is 14.1. The molecule has 0 radical (unpaired) electrons. The summed E-state index contributed by atoms with van der Waals surface area (Å²) in [6.07, 6.45) is 1.53. The van der Waals surface area contributed by atoms with Gasteiger partial charge in [-0.2, -0.15) is 0 Å². The van der Waals surface area contributed by atoms with E-state index in [0.29, 0.717) is 10.7 Å². The normalized spacial score (nSPS) is 10.7. The minimum absolute atomic E-state index is 0.682. The van der Waals surface area contributed by atoms with Crippen molar-refractivity contribution in [1.82, 2.24) is 9.97 Å². The third kappa shape index (κ3) is 2.64. The van der Waals surface area contributed by atoms with E-state index < -0.39 is 0 Å². The largest absolute Gasteiger partial charge is 0.399 e. The minimum Gasteiger partial charge on any atom is -0.399 e. The summed E-state index contributed by atoms with van der Waals surface area (Å²) in [5.74, 6) is 0.725. The van der Waals surface area contributed by atoms with Gasteiger partial charge in [-0.25, -0.2) is 9.97 Å². The number of nitrogens with two attached hydrogens (primary N) is 1. The van der Waals surface area contributed by atoms with E-state index >= 15 is 0 Å². The molecule has 0 aliphatic rings. The number of rotatable bonds is 2. The Hall–Kier alpha value is -1.60. The Morgan fingerprint density at radius 1 is 1.10 bits per heavy atom. The standard InChI is InChI=1S/C14H10ClIN4/c15-8-1-3-13(11(16)5-8)20-14-10-6-9(17)2-4-12(10)18-7-19-14/h1-7H,17H2,(H,18,19,20). The third-order valence-corrected chi connectivity index (χ3v) is 3.97. The number of hydrogen-bond acceptors (Lipinski definition) is 4. The van der Waals surface area contributed by atoms with Crippen LogP contribution in [0.25, 0.3) is 10.9 Å². The Bertz CT molecular complexity index is 791. The number of nitrogen functional groups attached to an aromatic ring is 1. The van der Waals surface area contributed by atoms with Gasteiger partial charge in [-0.05, 0) is 59.0 Å². The first kappa shape index (κ1) is 13.4. The van der Waals surface area contributed by atoms with E-state index in [9.17, 15) is 0 Å². The minimum atomic E-state index is 0.682. The van der Waals surface area contributed by atoms with Crippen LogP contribution in [0.4, 0.5) is 17.2 Å². The molecule has 20 heavy (non-hydrogen) atoms. The first-order chi connectivity index (χ1) is 9.63. The molecule has 0 saturated heterocycles. The molecule has 6 heteroatoms. The number of hydrogen-bond donors (Lipinski definition) is 2. The predicted octanol–water partition coefficient (Wildman–Crippen LogP) is 4.21. The molecular formula is C14H10ClIN4. The fourth-order valence-corrected chi connectivity index (χ4v) is 2.90. The smallest absolute Gasteiger partial charge is 0.141 e. The topological polar surface area (TPSA) is 63.8 Å². The molecule has 1 aromatic heterocycles. The van der Waals surface area contributed by atoms with Crippen LogP contribution >= 0.6 is 34.2 Å². The van der Waals surface area contributed by atoms with E-state index in [-0.39, 0.29) is 0 Å². The van der Waals surface area contributed by atoms with Gasteiger partial charge >= 0.3 is 0 Å². The maximum absolute atomic E-state index is 5.96. The first-order valence-corrected chi connectivity index (χ1v) is 7.31. The lowest BCUT2D eigenvalue weighted by Gasteiger charge is -2.10. The highest BCUT2D eigenvalue weighted by Crippen LogP contribution is 2.28. The van der Waals surface area contributed by atoms with Crippen molar-refractivity contribution >= 4 is 62.3 Å². The average Bonchev–Trinajstić information content (AvgIpc) is 2.42. The Balaban J connectivity index is 2.08. The van der Waals surface area contributed by atoms with Crippen molar-refractivity contribution in [1.29, 1.82) is 0 Å². The Morgan fingerprint density at radius 3 is 2.75 bits per heavy atom. The van der Waals surface area contributed by atoms with Crippen molar-refractivity contribution in [3.8, 4) is 0 Å². The van der Waals surface area contributed by atoms with Gasteiger partial charge in [0.15, 0.2) is 0 Å². The molecule has 0 aliphatic heterocycles. The predicted molar refractivity (Wildman–Crippen MR) is 91.4 cm³/mol. The molecule has 0 aliphatic carbocycles. The second-order valence-corrected chi connectivity index (χ2v) is 5.85. The molecule has 0 unspecified atom stereocenters. The molecule has 0 fully saturated rings. The lowest BCUT2D eigenvalue weighted by molar-refractivity contribution is 1.22. The molecular weight excluding hydrogens is 387 g/mol. The number of benzene rings is 2. The zero-order valence-corrected chi connectivity index (χ0v) is 13.2. The number of fused-ring (bicyclic) bond motifs is 1. The summed E-state index contributed by atoms with van der Waals surface area (Å²) in [5.41, 5.74) is 8.31. The van der Waals surface area contributed by atoms with Crippen LogP contribution in [0.1, 0.15) is 0 Å².